The Bertz CT molecular complexity index is 1040. The molecule has 2 aromatic carbocycles. The molecular weight excluding hydrogens is 350 g/mol. The highest BCUT2D eigenvalue weighted by Crippen LogP contribution is 2.27. The van der Waals surface area contributed by atoms with Gasteiger partial charge in [0.05, 0.1) is 17.2 Å². The Hall–Kier alpha value is -2.74. The smallest absolute Gasteiger partial charge is 0.262 e. The largest absolute Gasteiger partial charge is 0.491 e. The summed E-state index contributed by atoms with van der Waals surface area (Å²) in [4.78, 5) is 3.72. The van der Waals surface area contributed by atoms with Gasteiger partial charge in [-0.1, -0.05) is 0 Å². The third kappa shape index (κ3) is 3.39. The molecule has 0 unspecified atom stereocenters. The van der Waals surface area contributed by atoms with Crippen LogP contribution < -0.4 is 9.46 Å². The van der Waals surface area contributed by atoms with Crippen LogP contribution in [-0.2, 0) is 10.0 Å². The SMILES string of the molecule is CCOc1ccc(NS(=O)(=O)c2ccc(F)c3ncccc23)cc1F. The summed E-state index contributed by atoms with van der Waals surface area (Å²) in [6, 6.07) is 8.88. The average Bonchev–Trinajstić information content (AvgIpc) is 2.57. The van der Waals surface area contributed by atoms with Crippen LogP contribution in [0, 0.1) is 11.6 Å². The zero-order valence-corrected chi connectivity index (χ0v) is 14.0. The fraction of sp³-hybridized carbons (Fsp3) is 0.118. The number of nitrogens with one attached hydrogen (secondary N) is 1. The lowest BCUT2D eigenvalue weighted by Crippen LogP contribution is -2.14. The first kappa shape index (κ1) is 17.1. The van der Waals surface area contributed by atoms with E-state index in [0.717, 1.165) is 18.2 Å². The number of anilines is 1. The van der Waals surface area contributed by atoms with Crippen molar-refractivity contribution in [2.45, 2.75) is 11.8 Å². The van der Waals surface area contributed by atoms with E-state index in [0.29, 0.717) is 0 Å². The Kier molecular flexibility index (Phi) is 4.54. The molecule has 8 heteroatoms. The lowest BCUT2D eigenvalue weighted by molar-refractivity contribution is 0.321. The van der Waals surface area contributed by atoms with Gasteiger partial charge in [-0.3, -0.25) is 9.71 Å². The Balaban J connectivity index is 2.01. The van der Waals surface area contributed by atoms with E-state index in [1.165, 1.54) is 30.5 Å². The van der Waals surface area contributed by atoms with E-state index in [9.17, 15) is 17.2 Å². The van der Waals surface area contributed by atoms with Crippen molar-refractivity contribution in [3.05, 3.63) is 60.3 Å². The predicted molar refractivity (Wildman–Crippen MR) is 90.1 cm³/mol. The maximum atomic E-state index is 13.9. The van der Waals surface area contributed by atoms with Gasteiger partial charge in [0.1, 0.15) is 11.3 Å². The molecule has 25 heavy (non-hydrogen) atoms. The summed E-state index contributed by atoms with van der Waals surface area (Å²) in [6.45, 7) is 2.00. The van der Waals surface area contributed by atoms with Crippen molar-refractivity contribution in [2.24, 2.45) is 0 Å². The first-order valence-corrected chi connectivity index (χ1v) is 8.89. The van der Waals surface area contributed by atoms with Gasteiger partial charge >= 0.3 is 0 Å². The van der Waals surface area contributed by atoms with Crippen molar-refractivity contribution in [1.82, 2.24) is 4.98 Å². The van der Waals surface area contributed by atoms with Crippen molar-refractivity contribution in [2.75, 3.05) is 11.3 Å². The number of rotatable bonds is 5. The zero-order valence-electron chi connectivity index (χ0n) is 13.2. The Morgan fingerprint density at radius 3 is 2.64 bits per heavy atom. The lowest BCUT2D eigenvalue weighted by Gasteiger charge is -2.12. The number of nitrogens with zero attached hydrogens (tertiary/aromatic N) is 1. The summed E-state index contributed by atoms with van der Waals surface area (Å²) in [6.07, 6.45) is 1.37. The van der Waals surface area contributed by atoms with Gasteiger partial charge in [0.25, 0.3) is 10.0 Å². The van der Waals surface area contributed by atoms with Crippen molar-refractivity contribution in [1.29, 1.82) is 0 Å². The van der Waals surface area contributed by atoms with Crippen LogP contribution in [0.4, 0.5) is 14.5 Å². The molecule has 0 aliphatic carbocycles. The van der Waals surface area contributed by atoms with Crippen LogP contribution in [0.1, 0.15) is 6.92 Å². The van der Waals surface area contributed by atoms with Gasteiger partial charge in [0.2, 0.25) is 0 Å². The maximum absolute atomic E-state index is 13.9. The number of halogens is 2. The number of benzene rings is 2. The van der Waals surface area contributed by atoms with Gasteiger partial charge in [-0.2, -0.15) is 0 Å². The van der Waals surface area contributed by atoms with E-state index in [4.69, 9.17) is 4.74 Å². The van der Waals surface area contributed by atoms with Crippen LogP contribution >= 0.6 is 0 Å². The Morgan fingerprint density at radius 1 is 1.12 bits per heavy atom. The fourth-order valence-corrected chi connectivity index (χ4v) is 3.64. The van der Waals surface area contributed by atoms with E-state index in [1.54, 1.807) is 6.92 Å². The molecule has 0 atom stereocenters. The van der Waals surface area contributed by atoms with Crippen molar-refractivity contribution < 1.29 is 21.9 Å². The highest BCUT2D eigenvalue weighted by molar-refractivity contribution is 7.93. The lowest BCUT2D eigenvalue weighted by atomic mass is 10.2. The molecule has 0 saturated carbocycles. The van der Waals surface area contributed by atoms with Gasteiger partial charge in [0.15, 0.2) is 11.6 Å². The Morgan fingerprint density at radius 2 is 1.92 bits per heavy atom. The molecule has 0 bridgehead atoms. The van der Waals surface area contributed by atoms with Gasteiger partial charge in [-0.05, 0) is 43.3 Å². The summed E-state index contributed by atoms with van der Waals surface area (Å²) in [5, 5.41) is 0.140. The van der Waals surface area contributed by atoms with E-state index in [1.807, 2.05) is 0 Å². The molecule has 1 N–H and O–H groups in total. The number of hydrogen-bond donors (Lipinski definition) is 1. The molecule has 3 rings (SSSR count). The molecule has 0 saturated heterocycles. The van der Waals surface area contributed by atoms with Crippen LogP contribution in [-0.4, -0.2) is 20.0 Å². The second-order valence-corrected chi connectivity index (χ2v) is 6.78. The number of aromatic nitrogens is 1. The van der Waals surface area contributed by atoms with Crippen molar-refractivity contribution in [3.63, 3.8) is 0 Å². The molecular formula is C17H14F2N2O3S. The quantitative estimate of drug-likeness (QED) is 0.749. The normalized spacial score (nSPS) is 11.5. The molecule has 130 valence electrons. The minimum atomic E-state index is -4.06. The van der Waals surface area contributed by atoms with E-state index >= 15 is 0 Å². The summed E-state index contributed by atoms with van der Waals surface area (Å²) in [7, 11) is -4.06. The van der Waals surface area contributed by atoms with E-state index in [-0.39, 0.29) is 33.8 Å². The highest BCUT2D eigenvalue weighted by atomic mass is 32.2. The first-order valence-electron chi connectivity index (χ1n) is 7.41. The molecule has 3 aromatic rings. The van der Waals surface area contributed by atoms with E-state index < -0.39 is 21.7 Å². The van der Waals surface area contributed by atoms with Crippen LogP contribution in [0.15, 0.2) is 53.6 Å². The number of fused-ring (bicyclic) bond motifs is 1. The van der Waals surface area contributed by atoms with Crippen LogP contribution in [0.5, 0.6) is 5.75 Å². The van der Waals surface area contributed by atoms with Crippen molar-refractivity contribution in [3.8, 4) is 5.75 Å². The van der Waals surface area contributed by atoms with Crippen LogP contribution in [0.25, 0.3) is 10.9 Å². The minimum absolute atomic E-state index is 0.0295. The number of hydrogen-bond acceptors (Lipinski definition) is 4. The van der Waals surface area contributed by atoms with E-state index in [2.05, 4.69) is 9.71 Å². The second-order valence-electron chi connectivity index (χ2n) is 5.13. The third-order valence-electron chi connectivity index (χ3n) is 3.45. The molecule has 1 aromatic heterocycles. The third-order valence-corrected chi connectivity index (χ3v) is 4.89. The maximum Gasteiger partial charge on any atom is 0.262 e. The topological polar surface area (TPSA) is 68.3 Å². The summed E-state index contributed by atoms with van der Waals surface area (Å²) in [5.41, 5.74) is -0.0226. The highest BCUT2D eigenvalue weighted by Gasteiger charge is 2.20. The van der Waals surface area contributed by atoms with Crippen LogP contribution in [0.2, 0.25) is 0 Å². The van der Waals surface area contributed by atoms with Gasteiger partial charge in [-0.25, -0.2) is 17.2 Å². The number of sulfonamides is 1. The standard InChI is InChI=1S/C17H14F2N2O3S/c1-2-24-15-7-5-11(10-14(15)19)21-25(22,23)16-8-6-13(18)17-12(16)4-3-9-20-17/h3-10,21H,2H2,1H3. The number of ether oxygens (including phenoxy) is 1. The minimum Gasteiger partial charge on any atom is -0.491 e. The molecule has 0 aliphatic heterocycles. The predicted octanol–water partition coefficient (Wildman–Crippen LogP) is 3.71. The molecule has 0 radical (unpaired) electrons. The van der Waals surface area contributed by atoms with Gasteiger partial charge in [0, 0.05) is 17.6 Å². The second kappa shape index (κ2) is 6.64. The molecule has 0 fully saturated rings. The molecule has 1 heterocycles. The average molecular weight is 364 g/mol. The van der Waals surface area contributed by atoms with Crippen molar-refractivity contribution >= 4 is 26.6 Å². The number of pyridine rings is 1. The molecule has 5 nitrogen and oxygen atoms in total. The zero-order chi connectivity index (χ0) is 18.0. The summed E-state index contributed by atoms with van der Waals surface area (Å²) >= 11 is 0. The fourth-order valence-electron chi connectivity index (χ4n) is 2.39. The molecule has 0 spiro atoms. The van der Waals surface area contributed by atoms with Gasteiger partial charge < -0.3 is 4.74 Å². The van der Waals surface area contributed by atoms with Crippen LogP contribution in [0.3, 0.4) is 0 Å². The monoisotopic (exact) mass is 364 g/mol. The molecule has 0 aliphatic rings. The summed E-state index contributed by atoms with van der Waals surface area (Å²) < 4.78 is 60.3. The summed E-state index contributed by atoms with van der Waals surface area (Å²) in [5.74, 6) is -1.28. The first-order chi connectivity index (χ1) is 11.9. The molecule has 0 amide bonds. The Labute approximate surface area is 143 Å². The van der Waals surface area contributed by atoms with Gasteiger partial charge in [-0.15, -0.1) is 0 Å².